The lowest BCUT2D eigenvalue weighted by molar-refractivity contribution is 0.794. The van der Waals surface area contributed by atoms with Gasteiger partial charge in [-0.3, -0.25) is 4.68 Å². The molecule has 0 fully saturated rings. The van der Waals surface area contributed by atoms with Crippen LogP contribution in [-0.4, -0.2) is 27.6 Å². The van der Waals surface area contributed by atoms with E-state index in [0.717, 1.165) is 0 Å². The molecule has 0 saturated heterocycles. The van der Waals surface area contributed by atoms with Gasteiger partial charge in [0.1, 0.15) is 20.0 Å². The Balaban J connectivity index is 2.99. The summed E-state index contributed by atoms with van der Waals surface area (Å²) in [5, 5.41) is 4.59. The molecule has 0 unspecified atom stereocenters. The van der Waals surface area contributed by atoms with E-state index < -0.39 is 0 Å². The number of rotatable bonds is 0. The van der Waals surface area contributed by atoms with Crippen molar-refractivity contribution in [2.45, 2.75) is 0 Å². The summed E-state index contributed by atoms with van der Waals surface area (Å²) in [5.74, 6) is 0.366. The summed E-state index contributed by atoms with van der Waals surface area (Å²) >= 11 is 0. The third-order valence-electron chi connectivity index (χ3n) is 1.68. The van der Waals surface area contributed by atoms with Crippen molar-refractivity contribution in [2.24, 2.45) is 7.05 Å². The SMILES string of the molecule is [B]c1nn(C)c2ncnc(N)c12. The number of nitrogens with zero attached hydrogens (tertiary/aromatic N) is 4. The zero-order valence-corrected chi connectivity index (χ0v) is 6.52. The van der Waals surface area contributed by atoms with E-state index >= 15 is 0 Å². The van der Waals surface area contributed by atoms with Crippen LogP contribution in [0, 0.1) is 0 Å². The normalized spacial score (nSPS) is 10.8. The fourth-order valence-electron chi connectivity index (χ4n) is 1.14. The standard InChI is InChI=1S/C6H6BN5/c1-12-6-3(4(7)11-12)5(8)9-2-10-6/h2H,1H3,(H2,8,9,10). The topological polar surface area (TPSA) is 69.6 Å². The van der Waals surface area contributed by atoms with Crippen molar-refractivity contribution in [2.75, 3.05) is 5.73 Å². The van der Waals surface area contributed by atoms with Crippen LogP contribution >= 0.6 is 0 Å². The maximum absolute atomic E-state index is 5.59. The molecule has 0 saturated carbocycles. The van der Waals surface area contributed by atoms with Crippen molar-refractivity contribution in [1.29, 1.82) is 0 Å². The summed E-state index contributed by atoms with van der Waals surface area (Å²) in [4.78, 5) is 7.81. The number of hydrogen-bond acceptors (Lipinski definition) is 4. The van der Waals surface area contributed by atoms with Gasteiger partial charge < -0.3 is 5.73 Å². The van der Waals surface area contributed by atoms with Crippen LogP contribution in [0.3, 0.4) is 0 Å². The summed E-state index contributed by atoms with van der Waals surface area (Å²) < 4.78 is 1.57. The number of nitrogens with two attached hydrogens (primary N) is 1. The van der Waals surface area contributed by atoms with Crippen molar-refractivity contribution in [3.05, 3.63) is 6.33 Å². The van der Waals surface area contributed by atoms with Crippen molar-refractivity contribution in [3.8, 4) is 0 Å². The van der Waals surface area contributed by atoms with Crippen LogP contribution in [0.5, 0.6) is 0 Å². The minimum atomic E-state index is 0.366. The van der Waals surface area contributed by atoms with E-state index in [0.29, 0.717) is 22.4 Å². The molecule has 0 aliphatic heterocycles. The smallest absolute Gasteiger partial charge is 0.162 e. The predicted molar refractivity (Wildman–Crippen MR) is 46.1 cm³/mol. The number of hydrogen-bond donors (Lipinski definition) is 1. The molecular weight excluding hydrogens is 153 g/mol. The van der Waals surface area contributed by atoms with E-state index in [-0.39, 0.29) is 0 Å². The van der Waals surface area contributed by atoms with Crippen molar-refractivity contribution in [1.82, 2.24) is 19.7 Å². The third kappa shape index (κ3) is 0.776. The van der Waals surface area contributed by atoms with Gasteiger partial charge in [0.25, 0.3) is 0 Å². The average molecular weight is 159 g/mol. The van der Waals surface area contributed by atoms with Gasteiger partial charge in [-0.15, -0.1) is 0 Å². The molecular formula is C6H6BN5. The summed E-state index contributed by atoms with van der Waals surface area (Å²) in [6.07, 6.45) is 1.39. The highest BCUT2D eigenvalue weighted by Gasteiger charge is 2.08. The number of anilines is 1. The van der Waals surface area contributed by atoms with Gasteiger partial charge in [-0.05, 0) is 0 Å². The molecule has 0 aromatic carbocycles. The molecule has 0 amide bonds. The van der Waals surface area contributed by atoms with Crippen LogP contribution in [0.2, 0.25) is 0 Å². The van der Waals surface area contributed by atoms with Gasteiger partial charge in [-0.25, -0.2) is 9.97 Å². The first-order chi connectivity index (χ1) is 5.70. The Hall–Kier alpha value is -1.59. The Labute approximate surface area is 70.0 Å². The van der Waals surface area contributed by atoms with Gasteiger partial charge in [0.15, 0.2) is 5.65 Å². The lowest BCUT2D eigenvalue weighted by atomic mass is 10.0. The fraction of sp³-hybridized carbons (Fsp3) is 0.167. The molecule has 2 heterocycles. The highest BCUT2D eigenvalue weighted by molar-refractivity contribution is 6.38. The van der Waals surface area contributed by atoms with Crippen LogP contribution in [0.1, 0.15) is 0 Å². The molecule has 6 heteroatoms. The molecule has 12 heavy (non-hydrogen) atoms. The Morgan fingerprint density at radius 2 is 2.25 bits per heavy atom. The lowest BCUT2D eigenvalue weighted by Crippen LogP contribution is -2.07. The van der Waals surface area contributed by atoms with Gasteiger partial charge in [0.2, 0.25) is 0 Å². The van der Waals surface area contributed by atoms with Crippen LogP contribution in [0.15, 0.2) is 6.33 Å². The van der Waals surface area contributed by atoms with Crippen molar-refractivity contribution in [3.63, 3.8) is 0 Å². The molecule has 0 atom stereocenters. The zero-order valence-electron chi connectivity index (χ0n) is 6.52. The molecule has 2 aromatic heterocycles. The van der Waals surface area contributed by atoms with Crippen molar-refractivity contribution < 1.29 is 0 Å². The summed E-state index contributed by atoms with van der Waals surface area (Å²) in [6.45, 7) is 0. The maximum atomic E-state index is 5.59. The van der Waals surface area contributed by atoms with Gasteiger partial charge in [-0.1, -0.05) is 0 Å². The largest absolute Gasteiger partial charge is 0.383 e. The van der Waals surface area contributed by atoms with Gasteiger partial charge >= 0.3 is 0 Å². The van der Waals surface area contributed by atoms with Crippen LogP contribution in [-0.2, 0) is 7.05 Å². The summed E-state index contributed by atoms with van der Waals surface area (Å²) in [7, 11) is 7.34. The third-order valence-corrected chi connectivity index (χ3v) is 1.68. The van der Waals surface area contributed by atoms with Gasteiger partial charge in [0.05, 0.1) is 5.39 Å². The molecule has 5 nitrogen and oxygen atoms in total. The molecule has 0 spiro atoms. The quantitative estimate of drug-likeness (QED) is 0.487. The average Bonchev–Trinajstić information content (AvgIpc) is 2.29. The highest BCUT2D eigenvalue weighted by Crippen LogP contribution is 2.11. The maximum Gasteiger partial charge on any atom is 0.162 e. The first-order valence-electron chi connectivity index (χ1n) is 3.39. The molecule has 2 rings (SSSR count). The molecule has 2 N–H and O–H groups in total. The van der Waals surface area contributed by atoms with E-state index in [1.165, 1.54) is 6.33 Å². The monoisotopic (exact) mass is 159 g/mol. The van der Waals surface area contributed by atoms with E-state index in [1.54, 1.807) is 11.7 Å². The molecule has 58 valence electrons. The minimum Gasteiger partial charge on any atom is -0.383 e. The van der Waals surface area contributed by atoms with E-state index in [4.69, 9.17) is 13.6 Å². The summed E-state index contributed by atoms with van der Waals surface area (Å²) in [5.41, 5.74) is 6.60. The Bertz CT molecular complexity index is 435. The highest BCUT2D eigenvalue weighted by atomic mass is 15.3. The van der Waals surface area contributed by atoms with Crippen molar-refractivity contribution >= 4 is 30.3 Å². The Morgan fingerprint density at radius 3 is 2.92 bits per heavy atom. The van der Waals surface area contributed by atoms with E-state index in [1.807, 2.05) is 0 Å². The molecule has 0 aliphatic carbocycles. The summed E-state index contributed by atoms with van der Waals surface area (Å²) in [6, 6.07) is 0. The second-order valence-corrected chi connectivity index (χ2v) is 2.47. The van der Waals surface area contributed by atoms with E-state index in [9.17, 15) is 0 Å². The first-order valence-corrected chi connectivity index (χ1v) is 3.39. The Kier molecular flexibility index (Phi) is 1.30. The second-order valence-electron chi connectivity index (χ2n) is 2.47. The van der Waals surface area contributed by atoms with Gasteiger partial charge in [-0.2, -0.15) is 5.10 Å². The van der Waals surface area contributed by atoms with Gasteiger partial charge in [0, 0.05) is 12.6 Å². The number of fused-ring (bicyclic) bond motifs is 1. The zero-order chi connectivity index (χ0) is 8.72. The number of aryl methyl sites for hydroxylation is 1. The minimum absolute atomic E-state index is 0.366. The van der Waals surface area contributed by atoms with Crippen LogP contribution in [0.4, 0.5) is 5.82 Å². The molecule has 2 radical (unpaired) electrons. The first kappa shape index (κ1) is 7.09. The fourth-order valence-corrected chi connectivity index (χ4v) is 1.14. The lowest BCUT2D eigenvalue weighted by Gasteiger charge is -1.94. The predicted octanol–water partition coefficient (Wildman–Crippen LogP) is -1.26. The second kappa shape index (κ2) is 2.20. The molecule has 2 aromatic rings. The van der Waals surface area contributed by atoms with E-state index in [2.05, 4.69) is 15.1 Å². The number of nitrogen functional groups attached to an aromatic ring is 1. The molecule has 0 bridgehead atoms. The van der Waals surface area contributed by atoms with Crippen LogP contribution in [0.25, 0.3) is 11.0 Å². The van der Waals surface area contributed by atoms with Crippen LogP contribution < -0.4 is 11.3 Å². The number of aromatic nitrogens is 4. The Morgan fingerprint density at radius 1 is 1.50 bits per heavy atom. The molecule has 0 aliphatic rings.